The summed E-state index contributed by atoms with van der Waals surface area (Å²) in [4.78, 5) is 15.1. The van der Waals surface area contributed by atoms with Crippen LogP contribution >= 0.6 is 12.4 Å². The third-order valence-electron chi connectivity index (χ3n) is 4.68. The first kappa shape index (κ1) is 17.5. The highest BCUT2D eigenvalue weighted by Gasteiger charge is 2.22. The normalized spacial score (nSPS) is 15.1. The lowest BCUT2D eigenvalue weighted by Gasteiger charge is -2.23. The lowest BCUT2D eigenvalue weighted by atomic mass is 9.94. The molecule has 0 aliphatic carbocycles. The minimum absolute atomic E-state index is 0. The zero-order valence-electron chi connectivity index (χ0n) is 14.2. The fourth-order valence-corrected chi connectivity index (χ4v) is 3.41. The van der Waals surface area contributed by atoms with Crippen LogP contribution in [0.2, 0.25) is 0 Å². The third-order valence-corrected chi connectivity index (χ3v) is 4.68. The van der Waals surface area contributed by atoms with E-state index in [-0.39, 0.29) is 35.7 Å². The van der Waals surface area contributed by atoms with E-state index in [4.69, 9.17) is 8.83 Å². The Morgan fingerprint density at radius 3 is 2.78 bits per heavy atom. The van der Waals surface area contributed by atoms with E-state index in [9.17, 15) is 4.79 Å². The van der Waals surface area contributed by atoms with E-state index in [1.165, 1.54) is 6.26 Å². The molecule has 1 aliphatic rings. The molecule has 0 radical (unpaired) electrons. The zero-order valence-corrected chi connectivity index (χ0v) is 15.0. The number of halogens is 1. The summed E-state index contributed by atoms with van der Waals surface area (Å²) in [6, 6.07) is 5.11. The molecule has 5 rings (SSSR count). The van der Waals surface area contributed by atoms with E-state index in [0.717, 1.165) is 31.6 Å². The van der Waals surface area contributed by atoms with Crippen LogP contribution in [-0.2, 0) is 0 Å². The molecule has 9 nitrogen and oxygen atoms in total. The van der Waals surface area contributed by atoms with Crippen LogP contribution in [0.15, 0.2) is 44.3 Å². The number of hydrogen-bond acceptors (Lipinski definition) is 7. The first-order valence-electron chi connectivity index (χ1n) is 8.49. The van der Waals surface area contributed by atoms with Gasteiger partial charge in [-0.15, -0.1) is 22.6 Å². The van der Waals surface area contributed by atoms with Gasteiger partial charge in [-0.3, -0.25) is 4.79 Å². The maximum absolute atomic E-state index is 12.2. The van der Waals surface area contributed by atoms with Gasteiger partial charge >= 0.3 is 0 Å². The highest BCUT2D eigenvalue weighted by Crippen LogP contribution is 2.29. The van der Waals surface area contributed by atoms with E-state index in [1.807, 2.05) is 0 Å². The second-order valence-corrected chi connectivity index (χ2v) is 6.29. The van der Waals surface area contributed by atoms with Gasteiger partial charge in [0, 0.05) is 12.0 Å². The van der Waals surface area contributed by atoms with Crippen LogP contribution in [-0.4, -0.2) is 37.9 Å². The molecule has 0 saturated carbocycles. The van der Waals surface area contributed by atoms with Crippen molar-refractivity contribution in [3.05, 3.63) is 46.7 Å². The molecular weight excluding hydrogens is 372 g/mol. The quantitative estimate of drug-likeness (QED) is 0.553. The Balaban J connectivity index is 0.00000180. The number of fused-ring (bicyclic) bond motifs is 1. The largest absolute Gasteiger partial charge is 0.459 e. The van der Waals surface area contributed by atoms with Gasteiger partial charge in [-0.05, 0) is 38.1 Å². The number of furan rings is 1. The van der Waals surface area contributed by atoms with Crippen molar-refractivity contribution in [3.63, 3.8) is 0 Å². The molecular formula is C17H17ClN6O3. The van der Waals surface area contributed by atoms with Gasteiger partial charge in [0.25, 0.3) is 17.3 Å². The van der Waals surface area contributed by atoms with Crippen molar-refractivity contribution in [1.29, 1.82) is 0 Å². The van der Waals surface area contributed by atoms with Gasteiger partial charge in [0.2, 0.25) is 0 Å². The van der Waals surface area contributed by atoms with Crippen LogP contribution in [0.4, 0.5) is 0 Å². The highest BCUT2D eigenvalue weighted by atomic mass is 35.5. The van der Waals surface area contributed by atoms with Gasteiger partial charge in [0.05, 0.1) is 18.2 Å². The molecule has 4 aromatic rings. The standard InChI is InChI=1S/C17H16N6O3.ClH/c24-14-8-12(10-3-5-18-6-4-10)23-15(20-14)11(9-19-23)16-21-22-17(26-16)13-2-1-7-25-13;/h1-2,7-10,18H,3-6H2,(H,20,24);1H. The fraction of sp³-hybridized carbons (Fsp3) is 0.294. The Morgan fingerprint density at radius 1 is 1.19 bits per heavy atom. The van der Waals surface area contributed by atoms with Crippen LogP contribution in [0, 0.1) is 0 Å². The van der Waals surface area contributed by atoms with E-state index < -0.39 is 0 Å². The second-order valence-electron chi connectivity index (χ2n) is 6.29. The molecule has 0 bridgehead atoms. The van der Waals surface area contributed by atoms with E-state index in [1.54, 1.807) is 28.9 Å². The summed E-state index contributed by atoms with van der Waals surface area (Å²) >= 11 is 0. The zero-order chi connectivity index (χ0) is 17.5. The number of nitrogens with one attached hydrogen (secondary N) is 2. The summed E-state index contributed by atoms with van der Waals surface area (Å²) < 4.78 is 12.7. The molecule has 0 spiro atoms. The number of aromatic nitrogens is 5. The number of hydrogen-bond donors (Lipinski definition) is 2. The topological polar surface area (TPSA) is 114 Å². The maximum Gasteiger partial charge on any atom is 0.283 e. The van der Waals surface area contributed by atoms with Crippen LogP contribution in [0.1, 0.15) is 24.5 Å². The van der Waals surface area contributed by atoms with E-state index >= 15 is 0 Å². The molecule has 10 heteroatoms. The third kappa shape index (κ3) is 3.04. The van der Waals surface area contributed by atoms with Crippen LogP contribution in [0.3, 0.4) is 0 Å². The molecule has 140 valence electrons. The van der Waals surface area contributed by atoms with Crippen molar-refractivity contribution in [2.75, 3.05) is 13.1 Å². The lowest BCUT2D eigenvalue weighted by molar-refractivity contribution is 0.446. The number of rotatable bonds is 3. The van der Waals surface area contributed by atoms with Crippen molar-refractivity contribution < 1.29 is 8.83 Å². The molecule has 0 unspecified atom stereocenters. The number of H-pyrrole nitrogens is 1. The minimum atomic E-state index is -0.168. The Hall–Kier alpha value is -2.91. The molecule has 0 aromatic carbocycles. The molecule has 2 N–H and O–H groups in total. The van der Waals surface area contributed by atoms with Crippen LogP contribution in [0.25, 0.3) is 28.8 Å². The molecule has 0 atom stereocenters. The first-order chi connectivity index (χ1) is 12.8. The number of aromatic amines is 1. The highest BCUT2D eigenvalue weighted by molar-refractivity contribution is 5.85. The Kier molecular flexibility index (Phi) is 4.54. The number of nitrogens with zero attached hydrogens (tertiary/aromatic N) is 4. The smallest absolute Gasteiger partial charge is 0.283 e. The summed E-state index contributed by atoms with van der Waals surface area (Å²) in [5, 5.41) is 15.9. The van der Waals surface area contributed by atoms with Gasteiger partial charge in [-0.25, -0.2) is 4.52 Å². The summed E-state index contributed by atoms with van der Waals surface area (Å²) in [6.45, 7) is 1.87. The summed E-state index contributed by atoms with van der Waals surface area (Å²) in [6.07, 6.45) is 5.11. The average Bonchev–Trinajstić information content (AvgIpc) is 3.41. The van der Waals surface area contributed by atoms with Gasteiger partial charge in [-0.1, -0.05) is 0 Å². The average molecular weight is 389 g/mol. The van der Waals surface area contributed by atoms with Crippen LogP contribution < -0.4 is 10.9 Å². The van der Waals surface area contributed by atoms with Gasteiger partial charge in [0.1, 0.15) is 11.2 Å². The van der Waals surface area contributed by atoms with Crippen molar-refractivity contribution in [3.8, 4) is 23.1 Å². The molecule has 1 saturated heterocycles. The molecule has 27 heavy (non-hydrogen) atoms. The molecule has 1 aliphatic heterocycles. The first-order valence-corrected chi connectivity index (χ1v) is 8.49. The van der Waals surface area contributed by atoms with Gasteiger partial charge in [-0.2, -0.15) is 5.10 Å². The maximum atomic E-state index is 12.2. The van der Waals surface area contributed by atoms with Crippen molar-refractivity contribution in [2.24, 2.45) is 0 Å². The molecule has 0 amide bonds. The lowest BCUT2D eigenvalue weighted by Crippen LogP contribution is -2.28. The van der Waals surface area contributed by atoms with Crippen LogP contribution in [0.5, 0.6) is 0 Å². The molecule has 1 fully saturated rings. The van der Waals surface area contributed by atoms with Gasteiger partial charge in [0.15, 0.2) is 5.76 Å². The van der Waals surface area contributed by atoms with Gasteiger partial charge < -0.3 is 19.1 Å². The minimum Gasteiger partial charge on any atom is -0.459 e. The summed E-state index contributed by atoms with van der Waals surface area (Å²) in [5.74, 6) is 1.34. The van der Waals surface area contributed by atoms with Crippen molar-refractivity contribution in [1.82, 2.24) is 30.1 Å². The predicted molar refractivity (Wildman–Crippen MR) is 98.9 cm³/mol. The Morgan fingerprint density at radius 2 is 2.00 bits per heavy atom. The van der Waals surface area contributed by atoms with Crippen molar-refractivity contribution >= 4 is 18.1 Å². The summed E-state index contributed by atoms with van der Waals surface area (Å²) in [7, 11) is 0. The summed E-state index contributed by atoms with van der Waals surface area (Å²) in [5.41, 5.74) is 1.88. The molecule has 4 aromatic heterocycles. The van der Waals surface area contributed by atoms with E-state index in [0.29, 0.717) is 17.0 Å². The van der Waals surface area contributed by atoms with Crippen molar-refractivity contribution in [2.45, 2.75) is 18.8 Å². The fourth-order valence-electron chi connectivity index (χ4n) is 3.41. The molecule has 5 heterocycles. The van der Waals surface area contributed by atoms with E-state index in [2.05, 4.69) is 25.6 Å². The Labute approximate surface area is 159 Å². The predicted octanol–water partition coefficient (Wildman–Crippen LogP) is 2.22. The SMILES string of the molecule is Cl.O=c1cc(C2CCNCC2)n2ncc(-c3nnc(-c4ccco4)o3)c2[nH]1. The Bertz CT molecular complexity index is 1110. The monoisotopic (exact) mass is 388 g/mol. The second kappa shape index (κ2) is 7.01. The number of piperidine rings is 1.